The molecule has 0 saturated carbocycles. The summed E-state index contributed by atoms with van der Waals surface area (Å²) in [6.07, 6.45) is 3.29. The van der Waals surface area contributed by atoms with Gasteiger partial charge in [0.1, 0.15) is 22.7 Å². The van der Waals surface area contributed by atoms with Crippen molar-refractivity contribution in [2.45, 2.75) is 13.5 Å². The van der Waals surface area contributed by atoms with Crippen LogP contribution in [-0.4, -0.2) is 64.0 Å². The normalized spacial score (nSPS) is 14.1. The van der Waals surface area contributed by atoms with Gasteiger partial charge in [-0.05, 0) is 48.9 Å². The molecule has 10 nitrogen and oxygen atoms in total. The molecule has 1 aliphatic rings. The van der Waals surface area contributed by atoms with Crippen LogP contribution in [0.2, 0.25) is 0 Å². The molecule has 0 radical (unpaired) electrons. The Balaban J connectivity index is 1.33. The van der Waals surface area contributed by atoms with E-state index < -0.39 is 11.9 Å². The molecule has 11 heteroatoms. The number of carbonyl (C=O) groups is 1. The molecule has 3 aromatic heterocycles. The number of ether oxygens (including phenoxy) is 1. The molecule has 1 amide bonds. The number of amides is 1. The molecule has 0 atom stereocenters. The maximum atomic E-state index is 14.6. The highest BCUT2D eigenvalue weighted by molar-refractivity contribution is 5.92. The van der Waals surface area contributed by atoms with Crippen molar-refractivity contribution in [3.05, 3.63) is 82.0 Å². The van der Waals surface area contributed by atoms with Crippen LogP contribution in [0.5, 0.6) is 11.5 Å². The van der Waals surface area contributed by atoms with Crippen molar-refractivity contribution in [1.82, 2.24) is 30.2 Å². The van der Waals surface area contributed by atoms with Crippen LogP contribution in [0.3, 0.4) is 0 Å². The summed E-state index contributed by atoms with van der Waals surface area (Å²) in [7, 11) is 1.48. The molecule has 1 aromatic carbocycles. The average molecular weight is 504 g/mol. The van der Waals surface area contributed by atoms with Gasteiger partial charge in [0.25, 0.3) is 11.5 Å². The number of piperazine rings is 1. The second-order valence-corrected chi connectivity index (χ2v) is 8.78. The van der Waals surface area contributed by atoms with Crippen molar-refractivity contribution in [2.75, 3.05) is 38.1 Å². The number of nitrogens with zero attached hydrogens (tertiary/aromatic N) is 5. The number of carbonyl (C=O) groups excluding carboxylic acids is 1. The SMILES string of the molecule is CNC(=O)c1ccc(N2CCN(Cc3cc(Oc4ccncc4)c4nc(C)c(=O)[nH]c4c3)CC2)c(F)n1. The molecule has 1 aliphatic heterocycles. The molecule has 0 aliphatic carbocycles. The summed E-state index contributed by atoms with van der Waals surface area (Å²) < 4.78 is 20.7. The van der Waals surface area contributed by atoms with Gasteiger partial charge in [-0.25, -0.2) is 9.97 Å². The van der Waals surface area contributed by atoms with Crippen LogP contribution in [0.4, 0.5) is 10.1 Å². The lowest BCUT2D eigenvalue weighted by atomic mass is 10.1. The number of hydrogen-bond donors (Lipinski definition) is 2. The first kappa shape index (κ1) is 24.3. The van der Waals surface area contributed by atoms with Crippen molar-refractivity contribution in [3.8, 4) is 11.5 Å². The molecule has 5 rings (SSSR count). The number of aryl methyl sites for hydroxylation is 1. The summed E-state index contributed by atoms with van der Waals surface area (Å²) in [5, 5.41) is 2.45. The molecule has 1 fully saturated rings. The minimum absolute atomic E-state index is 0.0474. The lowest BCUT2D eigenvalue weighted by Gasteiger charge is -2.36. The number of benzene rings is 1. The van der Waals surface area contributed by atoms with Crippen molar-refractivity contribution in [3.63, 3.8) is 0 Å². The second kappa shape index (κ2) is 10.3. The van der Waals surface area contributed by atoms with E-state index in [1.165, 1.54) is 13.1 Å². The first-order chi connectivity index (χ1) is 17.9. The van der Waals surface area contributed by atoms with E-state index in [1.807, 2.05) is 17.0 Å². The van der Waals surface area contributed by atoms with Gasteiger partial charge in [0, 0.05) is 52.2 Å². The predicted octanol–water partition coefficient (Wildman–Crippen LogP) is 2.63. The van der Waals surface area contributed by atoms with Crippen LogP contribution in [0, 0.1) is 12.9 Å². The Kier molecular flexibility index (Phi) is 6.78. The minimum Gasteiger partial charge on any atom is -0.455 e. The van der Waals surface area contributed by atoms with Gasteiger partial charge in [-0.2, -0.15) is 4.39 Å². The summed E-state index contributed by atoms with van der Waals surface area (Å²) >= 11 is 0. The van der Waals surface area contributed by atoms with E-state index in [0.717, 1.165) is 5.56 Å². The van der Waals surface area contributed by atoms with Crippen LogP contribution in [0.1, 0.15) is 21.7 Å². The van der Waals surface area contributed by atoms with Gasteiger partial charge < -0.3 is 19.9 Å². The highest BCUT2D eigenvalue weighted by Crippen LogP contribution is 2.30. The number of anilines is 1. The van der Waals surface area contributed by atoms with Gasteiger partial charge in [-0.1, -0.05) is 0 Å². The quantitative estimate of drug-likeness (QED) is 0.386. The minimum atomic E-state index is -0.659. The fourth-order valence-electron chi connectivity index (χ4n) is 4.33. The van der Waals surface area contributed by atoms with Gasteiger partial charge in [0.15, 0.2) is 5.75 Å². The fraction of sp³-hybridized carbons (Fsp3) is 0.269. The van der Waals surface area contributed by atoms with E-state index in [-0.39, 0.29) is 11.3 Å². The van der Waals surface area contributed by atoms with Crippen molar-refractivity contribution >= 4 is 22.6 Å². The van der Waals surface area contributed by atoms with Gasteiger partial charge >= 0.3 is 0 Å². The number of fused-ring (bicyclic) bond motifs is 1. The van der Waals surface area contributed by atoms with Crippen LogP contribution in [0.15, 0.2) is 53.6 Å². The Hall–Kier alpha value is -4.38. The van der Waals surface area contributed by atoms with Crippen molar-refractivity contribution in [1.29, 1.82) is 0 Å². The summed E-state index contributed by atoms with van der Waals surface area (Å²) in [6, 6.07) is 10.5. The summed E-state index contributed by atoms with van der Waals surface area (Å²) in [6.45, 7) is 4.86. The fourth-order valence-corrected chi connectivity index (χ4v) is 4.33. The van der Waals surface area contributed by atoms with E-state index in [2.05, 4.69) is 30.2 Å². The largest absolute Gasteiger partial charge is 0.455 e. The second-order valence-electron chi connectivity index (χ2n) is 8.78. The number of aromatic amines is 1. The summed E-state index contributed by atoms with van der Waals surface area (Å²) in [5.74, 6) is 0.0743. The highest BCUT2D eigenvalue weighted by Gasteiger charge is 2.22. The summed E-state index contributed by atoms with van der Waals surface area (Å²) in [5.41, 5.74) is 2.67. The van der Waals surface area contributed by atoms with Gasteiger partial charge in [0.2, 0.25) is 5.95 Å². The third-order valence-electron chi connectivity index (χ3n) is 6.28. The number of pyridine rings is 2. The Bertz CT molecular complexity index is 1500. The zero-order chi connectivity index (χ0) is 25.9. The van der Waals surface area contributed by atoms with Gasteiger partial charge in [0.05, 0.1) is 11.2 Å². The Morgan fingerprint density at radius 3 is 2.57 bits per heavy atom. The highest BCUT2D eigenvalue weighted by atomic mass is 19.1. The van der Waals surface area contributed by atoms with Crippen molar-refractivity contribution in [2.24, 2.45) is 0 Å². The number of rotatable bonds is 6. The molecule has 2 N–H and O–H groups in total. The molecule has 0 unspecified atom stereocenters. The first-order valence-corrected chi connectivity index (χ1v) is 11.9. The van der Waals surface area contributed by atoms with Crippen LogP contribution in [0.25, 0.3) is 11.0 Å². The molecule has 4 aromatic rings. The Morgan fingerprint density at radius 2 is 1.86 bits per heavy atom. The molecular weight excluding hydrogens is 477 g/mol. The number of H-pyrrole nitrogens is 1. The van der Waals surface area contributed by atoms with Crippen LogP contribution < -0.4 is 20.5 Å². The Labute approximate surface area is 212 Å². The third-order valence-corrected chi connectivity index (χ3v) is 6.28. The zero-order valence-electron chi connectivity index (χ0n) is 20.5. The van der Waals surface area contributed by atoms with E-state index in [1.54, 1.807) is 37.5 Å². The number of aromatic nitrogens is 4. The van der Waals surface area contributed by atoms with E-state index in [9.17, 15) is 14.0 Å². The van der Waals surface area contributed by atoms with E-state index in [4.69, 9.17) is 4.74 Å². The Morgan fingerprint density at radius 1 is 1.11 bits per heavy atom. The lowest BCUT2D eigenvalue weighted by Crippen LogP contribution is -2.46. The molecule has 190 valence electrons. The summed E-state index contributed by atoms with van der Waals surface area (Å²) in [4.78, 5) is 43.3. The van der Waals surface area contributed by atoms with Gasteiger partial charge in [-0.3, -0.25) is 19.5 Å². The lowest BCUT2D eigenvalue weighted by molar-refractivity contribution is 0.0957. The molecule has 4 heterocycles. The van der Waals surface area contributed by atoms with E-state index >= 15 is 0 Å². The van der Waals surface area contributed by atoms with Crippen LogP contribution >= 0.6 is 0 Å². The molecule has 1 saturated heterocycles. The van der Waals surface area contributed by atoms with E-state index in [0.29, 0.717) is 66.6 Å². The molecule has 0 bridgehead atoms. The van der Waals surface area contributed by atoms with Crippen LogP contribution in [-0.2, 0) is 6.54 Å². The molecular formula is C26H26FN7O3. The molecule has 0 spiro atoms. The number of halogens is 1. The van der Waals surface area contributed by atoms with Gasteiger partial charge in [-0.15, -0.1) is 0 Å². The zero-order valence-corrected chi connectivity index (χ0v) is 20.5. The monoisotopic (exact) mass is 503 g/mol. The maximum absolute atomic E-state index is 14.6. The smallest absolute Gasteiger partial charge is 0.269 e. The third kappa shape index (κ3) is 5.26. The maximum Gasteiger partial charge on any atom is 0.269 e. The van der Waals surface area contributed by atoms with Crippen molar-refractivity contribution < 1.29 is 13.9 Å². The average Bonchev–Trinajstić information content (AvgIpc) is 2.90. The number of hydrogen-bond acceptors (Lipinski definition) is 8. The predicted molar refractivity (Wildman–Crippen MR) is 136 cm³/mol. The standard InChI is InChI=1S/C26H26FN7O3/c1-16-25(35)32-20-13-17(14-22(23(20)30-16)37-18-5-7-29-8-6-18)15-33-9-11-34(12-10-33)21-4-3-19(26(36)28-2)31-24(21)27/h3-8,13-14H,9-12,15H2,1-2H3,(H,28,36)(H,32,35). The first-order valence-electron chi connectivity index (χ1n) is 11.9. The number of nitrogens with one attached hydrogen (secondary N) is 2. The topological polar surface area (TPSA) is 116 Å². The molecule has 37 heavy (non-hydrogen) atoms.